The van der Waals surface area contributed by atoms with Crippen molar-refractivity contribution in [3.63, 3.8) is 0 Å². The number of nitrogens with one attached hydrogen (secondary N) is 3. The third kappa shape index (κ3) is 7.34. The van der Waals surface area contributed by atoms with Crippen molar-refractivity contribution in [2.24, 2.45) is 5.92 Å². The summed E-state index contributed by atoms with van der Waals surface area (Å²) < 4.78 is 5.88. The van der Waals surface area contributed by atoms with E-state index in [1.54, 1.807) is 73.8 Å². The van der Waals surface area contributed by atoms with Gasteiger partial charge in [0.25, 0.3) is 5.91 Å². The van der Waals surface area contributed by atoms with Crippen LogP contribution in [0.2, 0.25) is 5.02 Å². The fourth-order valence-corrected chi connectivity index (χ4v) is 4.49. The number of ether oxygens (including phenoxy) is 1. The Morgan fingerprint density at radius 1 is 0.974 bits per heavy atom. The number of hydrogen-bond donors (Lipinski definition) is 4. The smallest absolute Gasteiger partial charge is 0.326 e. The average Bonchev–Trinajstić information content (AvgIpc) is 3.40. The van der Waals surface area contributed by atoms with Crippen LogP contribution in [0.4, 0.5) is 16.2 Å². The number of halogens is 1. The molecule has 4 aromatic rings. The Morgan fingerprint density at radius 3 is 2.36 bits per heavy atom. The lowest BCUT2D eigenvalue weighted by molar-refractivity contribution is -0.140. The maximum absolute atomic E-state index is 12.7. The van der Waals surface area contributed by atoms with Crippen LogP contribution in [-0.4, -0.2) is 34.0 Å². The maximum atomic E-state index is 12.7. The number of amides is 3. The van der Waals surface area contributed by atoms with E-state index in [4.69, 9.17) is 16.3 Å². The molecule has 11 heteroatoms. The normalized spacial score (nSPS) is 11.5. The first-order chi connectivity index (χ1) is 18.7. The summed E-state index contributed by atoms with van der Waals surface area (Å²) in [4.78, 5) is 40.9. The van der Waals surface area contributed by atoms with Crippen molar-refractivity contribution in [2.45, 2.75) is 19.9 Å². The fraction of sp³-hybridized carbons (Fsp3) is 0.143. The van der Waals surface area contributed by atoms with E-state index in [2.05, 4.69) is 20.9 Å². The van der Waals surface area contributed by atoms with Crippen LogP contribution in [0.5, 0.6) is 11.5 Å². The van der Waals surface area contributed by atoms with E-state index >= 15 is 0 Å². The minimum absolute atomic E-state index is 0.139. The van der Waals surface area contributed by atoms with E-state index in [1.165, 1.54) is 11.3 Å². The van der Waals surface area contributed by atoms with Gasteiger partial charge in [-0.05, 0) is 54.4 Å². The molecule has 4 rings (SSSR count). The molecule has 0 aliphatic rings. The number of urea groups is 1. The number of rotatable bonds is 9. The van der Waals surface area contributed by atoms with Crippen molar-refractivity contribution in [1.82, 2.24) is 10.3 Å². The van der Waals surface area contributed by atoms with E-state index in [0.29, 0.717) is 32.9 Å². The van der Waals surface area contributed by atoms with E-state index < -0.39 is 23.9 Å². The van der Waals surface area contributed by atoms with Crippen LogP contribution in [0.3, 0.4) is 0 Å². The summed E-state index contributed by atoms with van der Waals surface area (Å²) in [5, 5.41) is 20.0. The summed E-state index contributed by atoms with van der Waals surface area (Å²) in [6.45, 7) is 3.43. The molecule has 39 heavy (non-hydrogen) atoms. The van der Waals surface area contributed by atoms with Gasteiger partial charge in [-0.3, -0.25) is 4.79 Å². The minimum atomic E-state index is -1.10. The molecule has 200 valence electrons. The molecular formula is C28H25ClN4O5S. The fourth-order valence-electron chi connectivity index (χ4n) is 3.52. The van der Waals surface area contributed by atoms with E-state index in [0.717, 1.165) is 5.56 Å². The molecule has 0 fully saturated rings. The first-order valence-electron chi connectivity index (χ1n) is 11.9. The molecule has 0 bridgehead atoms. The number of aliphatic carboxylic acids is 1. The Labute approximate surface area is 233 Å². The standard InChI is InChI=1S/C28H25ClN4O5S/c1-16(2)24(27(35)36)33-25(34)22-15-39-26(31-22)17-8-11-19(12-9-17)30-28(37)32-21-13-10-18(29)14-23(21)38-20-6-4-3-5-7-20/h3-16,24H,1-2H3,(H,33,34)(H,35,36)(H2,30,32,37). The number of carbonyl (C=O) groups excluding carboxylic acids is 2. The lowest BCUT2D eigenvalue weighted by Gasteiger charge is -2.16. The number of benzene rings is 3. The van der Waals surface area contributed by atoms with Crippen molar-refractivity contribution in [3.05, 3.63) is 88.9 Å². The van der Waals surface area contributed by atoms with Gasteiger partial charge >= 0.3 is 12.0 Å². The maximum Gasteiger partial charge on any atom is 0.326 e. The van der Waals surface area contributed by atoms with Gasteiger partial charge in [0.05, 0.1) is 5.69 Å². The van der Waals surface area contributed by atoms with Gasteiger partial charge in [-0.2, -0.15) is 0 Å². The Morgan fingerprint density at radius 2 is 1.69 bits per heavy atom. The number of thiazole rings is 1. The first kappa shape index (κ1) is 27.6. The van der Waals surface area contributed by atoms with E-state index in [-0.39, 0.29) is 11.6 Å². The third-order valence-corrected chi connectivity index (χ3v) is 6.64. The van der Waals surface area contributed by atoms with Gasteiger partial charge in [-0.1, -0.05) is 43.6 Å². The number of carboxylic acid groups (broad SMARTS) is 1. The monoisotopic (exact) mass is 564 g/mol. The molecule has 1 aromatic heterocycles. The van der Waals surface area contributed by atoms with Crippen molar-refractivity contribution in [1.29, 1.82) is 0 Å². The molecule has 3 amide bonds. The zero-order valence-corrected chi connectivity index (χ0v) is 22.5. The Bertz CT molecular complexity index is 1480. The summed E-state index contributed by atoms with van der Waals surface area (Å²) in [5.74, 6) is -0.929. The van der Waals surface area contributed by atoms with Crippen LogP contribution >= 0.6 is 22.9 Å². The molecule has 1 atom stereocenters. The number of para-hydroxylation sites is 1. The molecule has 0 radical (unpaired) electrons. The van der Waals surface area contributed by atoms with Crippen molar-refractivity contribution in [3.8, 4) is 22.1 Å². The highest BCUT2D eigenvalue weighted by atomic mass is 35.5. The molecule has 4 N–H and O–H groups in total. The molecule has 0 aliphatic heterocycles. The minimum Gasteiger partial charge on any atom is -0.480 e. The van der Waals surface area contributed by atoms with Gasteiger partial charge in [-0.25, -0.2) is 14.6 Å². The van der Waals surface area contributed by atoms with Gasteiger partial charge < -0.3 is 25.8 Å². The van der Waals surface area contributed by atoms with E-state index in [1.807, 2.05) is 18.2 Å². The van der Waals surface area contributed by atoms with Crippen molar-refractivity contribution >= 4 is 52.2 Å². The lowest BCUT2D eigenvalue weighted by Crippen LogP contribution is -2.44. The van der Waals surface area contributed by atoms with Gasteiger partial charge in [0, 0.05) is 27.7 Å². The van der Waals surface area contributed by atoms with Gasteiger partial charge in [0.1, 0.15) is 22.5 Å². The van der Waals surface area contributed by atoms with E-state index in [9.17, 15) is 19.5 Å². The molecule has 1 unspecified atom stereocenters. The zero-order valence-electron chi connectivity index (χ0n) is 21.0. The highest BCUT2D eigenvalue weighted by Gasteiger charge is 2.25. The zero-order chi connectivity index (χ0) is 27.9. The molecule has 0 saturated heterocycles. The molecule has 1 heterocycles. The van der Waals surface area contributed by atoms with Crippen LogP contribution in [0.1, 0.15) is 24.3 Å². The van der Waals surface area contributed by atoms with Gasteiger partial charge in [0.15, 0.2) is 5.75 Å². The largest absolute Gasteiger partial charge is 0.480 e. The molecule has 0 saturated carbocycles. The predicted octanol–water partition coefficient (Wildman–Crippen LogP) is 6.74. The number of nitrogens with zero attached hydrogens (tertiary/aromatic N) is 1. The van der Waals surface area contributed by atoms with Crippen LogP contribution in [0, 0.1) is 5.92 Å². The van der Waals surface area contributed by atoms with Gasteiger partial charge in [-0.15, -0.1) is 11.3 Å². The SMILES string of the molecule is CC(C)C(NC(=O)c1csc(-c2ccc(NC(=O)Nc3ccc(Cl)cc3Oc3ccccc3)cc2)n1)C(=O)O. The summed E-state index contributed by atoms with van der Waals surface area (Å²) in [5.41, 5.74) is 1.85. The predicted molar refractivity (Wildman–Crippen MR) is 152 cm³/mol. The van der Waals surface area contributed by atoms with Crippen LogP contribution in [0.15, 0.2) is 78.2 Å². The lowest BCUT2D eigenvalue weighted by atomic mass is 10.0. The molecule has 9 nitrogen and oxygen atoms in total. The third-order valence-electron chi connectivity index (χ3n) is 5.51. The van der Waals surface area contributed by atoms with Crippen LogP contribution in [0.25, 0.3) is 10.6 Å². The Balaban J connectivity index is 1.39. The highest BCUT2D eigenvalue weighted by molar-refractivity contribution is 7.13. The molecule has 3 aromatic carbocycles. The summed E-state index contributed by atoms with van der Waals surface area (Å²) in [7, 11) is 0. The Hall–Kier alpha value is -4.41. The second kappa shape index (κ2) is 12.4. The first-order valence-corrected chi connectivity index (χ1v) is 13.2. The number of carboxylic acids is 1. The van der Waals surface area contributed by atoms with Crippen LogP contribution in [-0.2, 0) is 4.79 Å². The average molecular weight is 565 g/mol. The quantitative estimate of drug-likeness (QED) is 0.178. The van der Waals surface area contributed by atoms with Gasteiger partial charge in [0.2, 0.25) is 0 Å². The number of carbonyl (C=O) groups is 3. The highest BCUT2D eigenvalue weighted by Crippen LogP contribution is 2.32. The topological polar surface area (TPSA) is 130 Å². The number of hydrogen-bond acceptors (Lipinski definition) is 6. The molecule has 0 aliphatic carbocycles. The molecule has 0 spiro atoms. The second-order valence-electron chi connectivity index (χ2n) is 8.78. The summed E-state index contributed by atoms with van der Waals surface area (Å²) in [6.07, 6.45) is 0. The number of aromatic nitrogens is 1. The summed E-state index contributed by atoms with van der Waals surface area (Å²) in [6, 6.07) is 19.5. The summed E-state index contributed by atoms with van der Waals surface area (Å²) >= 11 is 7.38. The second-order valence-corrected chi connectivity index (χ2v) is 10.1. The van der Waals surface area contributed by atoms with Crippen LogP contribution < -0.4 is 20.7 Å². The Kier molecular flexibility index (Phi) is 8.80. The van der Waals surface area contributed by atoms with Crippen molar-refractivity contribution in [2.75, 3.05) is 10.6 Å². The number of anilines is 2. The molecular weight excluding hydrogens is 540 g/mol. The van der Waals surface area contributed by atoms with Crippen molar-refractivity contribution < 1.29 is 24.2 Å².